The summed E-state index contributed by atoms with van der Waals surface area (Å²) in [4.78, 5) is 40.9. The molecule has 0 saturated carbocycles. The number of nitrogens with zero attached hydrogens (tertiary/aromatic N) is 2. The molecule has 142 valence electrons. The average molecular weight is 379 g/mol. The molecule has 3 amide bonds. The van der Waals surface area contributed by atoms with Gasteiger partial charge in [0.05, 0.1) is 30.4 Å². The lowest BCUT2D eigenvalue weighted by molar-refractivity contribution is -0.115. The monoisotopic (exact) mass is 379 g/mol. The fraction of sp³-hybridized carbons (Fsp3) is 0.158. The Morgan fingerprint density at radius 1 is 1.25 bits per heavy atom. The maximum absolute atomic E-state index is 12.7. The van der Waals surface area contributed by atoms with Crippen molar-refractivity contribution >= 4 is 40.4 Å². The summed E-state index contributed by atoms with van der Waals surface area (Å²) in [6, 6.07) is 10.0. The van der Waals surface area contributed by atoms with Crippen molar-refractivity contribution in [1.82, 2.24) is 14.9 Å². The van der Waals surface area contributed by atoms with Crippen LogP contribution in [0.1, 0.15) is 20.7 Å². The van der Waals surface area contributed by atoms with Crippen molar-refractivity contribution in [2.24, 2.45) is 7.05 Å². The van der Waals surface area contributed by atoms with E-state index in [0.29, 0.717) is 28.5 Å². The number of benzene rings is 2. The van der Waals surface area contributed by atoms with Crippen molar-refractivity contribution in [3.05, 3.63) is 47.5 Å². The number of para-hydroxylation sites is 1. The fourth-order valence-corrected chi connectivity index (χ4v) is 3.08. The van der Waals surface area contributed by atoms with E-state index in [9.17, 15) is 14.4 Å². The Labute approximate surface area is 159 Å². The smallest absolute Gasteiger partial charge is 0.258 e. The number of hydrogen-bond acceptors (Lipinski definition) is 5. The van der Waals surface area contributed by atoms with Crippen LogP contribution in [0.5, 0.6) is 5.75 Å². The third-order valence-electron chi connectivity index (χ3n) is 4.53. The lowest BCUT2D eigenvalue weighted by Crippen LogP contribution is -2.28. The lowest BCUT2D eigenvalue weighted by Gasteiger charge is -2.09. The maximum Gasteiger partial charge on any atom is 0.258 e. The number of fused-ring (bicyclic) bond motifs is 2. The van der Waals surface area contributed by atoms with E-state index >= 15 is 0 Å². The molecule has 0 bridgehead atoms. The zero-order chi connectivity index (χ0) is 19.8. The molecule has 0 saturated heterocycles. The minimum Gasteiger partial charge on any atom is -0.494 e. The van der Waals surface area contributed by atoms with Crippen LogP contribution in [0.25, 0.3) is 11.0 Å². The predicted octanol–water partition coefficient (Wildman–Crippen LogP) is 1.52. The van der Waals surface area contributed by atoms with Crippen molar-refractivity contribution < 1.29 is 19.1 Å². The molecular formula is C19H17N5O4. The first-order valence-electron chi connectivity index (χ1n) is 8.51. The van der Waals surface area contributed by atoms with E-state index in [1.807, 2.05) is 12.1 Å². The summed E-state index contributed by atoms with van der Waals surface area (Å²) in [6.45, 7) is -0.114. The van der Waals surface area contributed by atoms with Gasteiger partial charge in [0.25, 0.3) is 11.8 Å². The number of carbonyl (C=O) groups excluding carboxylic acids is 3. The highest BCUT2D eigenvalue weighted by Crippen LogP contribution is 2.27. The molecule has 4 rings (SSSR count). The first-order chi connectivity index (χ1) is 13.5. The number of ether oxygens (including phenoxy) is 1. The van der Waals surface area contributed by atoms with Gasteiger partial charge >= 0.3 is 0 Å². The Morgan fingerprint density at radius 2 is 2.07 bits per heavy atom. The van der Waals surface area contributed by atoms with Crippen LogP contribution in [0, 0.1) is 0 Å². The number of carbonyl (C=O) groups is 3. The molecule has 3 N–H and O–H groups in total. The van der Waals surface area contributed by atoms with E-state index in [0.717, 1.165) is 5.52 Å². The summed E-state index contributed by atoms with van der Waals surface area (Å²) in [5.74, 6) is -0.192. The molecule has 28 heavy (non-hydrogen) atoms. The largest absolute Gasteiger partial charge is 0.494 e. The second-order valence-electron chi connectivity index (χ2n) is 6.27. The summed E-state index contributed by atoms with van der Waals surface area (Å²) in [5, 5.41) is 7.87. The second kappa shape index (κ2) is 6.69. The van der Waals surface area contributed by atoms with Crippen LogP contribution in [-0.4, -0.2) is 40.9 Å². The summed E-state index contributed by atoms with van der Waals surface area (Å²) in [5.41, 5.74) is 2.32. The summed E-state index contributed by atoms with van der Waals surface area (Å²) < 4.78 is 7.06. The van der Waals surface area contributed by atoms with Gasteiger partial charge in [-0.3, -0.25) is 19.7 Å². The van der Waals surface area contributed by atoms with Crippen LogP contribution in [0.15, 0.2) is 36.4 Å². The molecule has 0 radical (unpaired) electrons. The van der Waals surface area contributed by atoms with Gasteiger partial charge in [0.15, 0.2) is 0 Å². The first kappa shape index (κ1) is 17.5. The molecule has 9 nitrogen and oxygen atoms in total. The van der Waals surface area contributed by atoms with Gasteiger partial charge in [-0.15, -0.1) is 0 Å². The van der Waals surface area contributed by atoms with E-state index in [2.05, 4.69) is 20.9 Å². The van der Waals surface area contributed by atoms with Crippen LogP contribution in [0.3, 0.4) is 0 Å². The Morgan fingerprint density at radius 3 is 2.86 bits per heavy atom. The van der Waals surface area contributed by atoms with Crippen LogP contribution >= 0.6 is 0 Å². The summed E-state index contributed by atoms with van der Waals surface area (Å²) >= 11 is 0. The van der Waals surface area contributed by atoms with Gasteiger partial charge in [-0.05, 0) is 30.3 Å². The standard InChI is InChI=1S/C19H17N5O4/c1-24-13-4-3-5-14(28-2)16(13)22-19(24)23-17(26)10-6-7-11-12(8-10)21-15(25)9-20-18(11)27/h3-8H,9H2,1-2H3,(H,20,27)(H,21,25)(H,22,23,26). The Bertz CT molecular complexity index is 1130. The van der Waals surface area contributed by atoms with Crippen molar-refractivity contribution in [1.29, 1.82) is 0 Å². The van der Waals surface area contributed by atoms with Gasteiger partial charge in [0.2, 0.25) is 11.9 Å². The molecule has 1 aliphatic rings. The number of hydrogen-bond donors (Lipinski definition) is 3. The number of imidazole rings is 1. The highest BCUT2D eigenvalue weighted by Gasteiger charge is 2.21. The third kappa shape index (κ3) is 2.92. The van der Waals surface area contributed by atoms with Gasteiger partial charge in [0.1, 0.15) is 11.3 Å². The SMILES string of the molecule is COc1cccc2c1nc(NC(=O)c1ccc3c(c1)NC(=O)CNC3=O)n2C. The average Bonchev–Trinajstić information content (AvgIpc) is 2.93. The van der Waals surface area contributed by atoms with Crippen molar-refractivity contribution in [2.45, 2.75) is 0 Å². The van der Waals surface area contributed by atoms with Crippen LogP contribution in [0.2, 0.25) is 0 Å². The van der Waals surface area contributed by atoms with E-state index in [1.54, 1.807) is 24.8 Å². The molecule has 0 unspecified atom stereocenters. The minimum atomic E-state index is -0.418. The van der Waals surface area contributed by atoms with Crippen molar-refractivity contribution in [3.63, 3.8) is 0 Å². The number of amides is 3. The topological polar surface area (TPSA) is 114 Å². The van der Waals surface area contributed by atoms with Gasteiger partial charge in [0, 0.05) is 12.6 Å². The maximum atomic E-state index is 12.7. The Hall–Kier alpha value is -3.88. The number of methoxy groups -OCH3 is 1. The fourth-order valence-electron chi connectivity index (χ4n) is 3.08. The molecule has 0 spiro atoms. The van der Waals surface area contributed by atoms with Crippen molar-refractivity contribution in [2.75, 3.05) is 24.3 Å². The molecule has 2 aromatic carbocycles. The molecule has 2 heterocycles. The minimum absolute atomic E-state index is 0.114. The van der Waals surface area contributed by atoms with Crippen LogP contribution in [-0.2, 0) is 11.8 Å². The highest BCUT2D eigenvalue weighted by atomic mass is 16.5. The molecule has 0 aliphatic carbocycles. The molecule has 1 aliphatic heterocycles. The molecule has 3 aromatic rings. The zero-order valence-corrected chi connectivity index (χ0v) is 15.2. The van der Waals surface area contributed by atoms with Crippen molar-refractivity contribution in [3.8, 4) is 5.75 Å². The Kier molecular flexibility index (Phi) is 4.19. The summed E-state index contributed by atoms with van der Waals surface area (Å²) in [7, 11) is 3.34. The third-order valence-corrected chi connectivity index (χ3v) is 4.53. The number of anilines is 2. The first-order valence-corrected chi connectivity index (χ1v) is 8.51. The normalized spacial score (nSPS) is 13.4. The molecular weight excluding hydrogens is 362 g/mol. The number of aromatic nitrogens is 2. The Balaban J connectivity index is 1.66. The van der Waals surface area contributed by atoms with Gasteiger partial charge in [-0.1, -0.05) is 6.07 Å². The predicted molar refractivity (Wildman–Crippen MR) is 103 cm³/mol. The van der Waals surface area contributed by atoms with E-state index in [1.165, 1.54) is 18.2 Å². The van der Waals surface area contributed by atoms with Gasteiger partial charge < -0.3 is 19.9 Å². The van der Waals surface area contributed by atoms with Gasteiger partial charge in [-0.2, -0.15) is 0 Å². The number of nitrogens with one attached hydrogen (secondary N) is 3. The van der Waals surface area contributed by atoms with E-state index in [4.69, 9.17) is 4.74 Å². The number of aryl methyl sites for hydroxylation is 1. The van der Waals surface area contributed by atoms with Crippen LogP contribution in [0.4, 0.5) is 11.6 Å². The highest BCUT2D eigenvalue weighted by molar-refractivity contribution is 6.11. The zero-order valence-electron chi connectivity index (χ0n) is 15.2. The molecule has 9 heteroatoms. The van der Waals surface area contributed by atoms with E-state index < -0.39 is 5.91 Å². The van der Waals surface area contributed by atoms with Crippen LogP contribution < -0.4 is 20.7 Å². The lowest BCUT2D eigenvalue weighted by atomic mass is 10.1. The summed E-state index contributed by atoms with van der Waals surface area (Å²) in [6.07, 6.45) is 0. The number of rotatable bonds is 3. The second-order valence-corrected chi connectivity index (χ2v) is 6.27. The quantitative estimate of drug-likeness (QED) is 0.638. The molecule has 0 atom stereocenters. The van der Waals surface area contributed by atoms with Gasteiger partial charge in [-0.25, -0.2) is 4.98 Å². The molecule has 1 aromatic heterocycles. The van der Waals surface area contributed by atoms with E-state index in [-0.39, 0.29) is 23.9 Å². The molecule has 0 fully saturated rings.